The van der Waals surface area contributed by atoms with Crippen LogP contribution in [0.15, 0.2) is 22.7 Å². The normalized spacial score (nSPS) is 15.4. The van der Waals surface area contributed by atoms with Crippen LogP contribution in [-0.4, -0.2) is 25.0 Å². The van der Waals surface area contributed by atoms with Gasteiger partial charge in [0.05, 0.1) is 24.0 Å². The van der Waals surface area contributed by atoms with Gasteiger partial charge in [-0.25, -0.2) is 0 Å². The van der Waals surface area contributed by atoms with Gasteiger partial charge in [-0.1, -0.05) is 15.9 Å². The van der Waals surface area contributed by atoms with E-state index in [9.17, 15) is 10.1 Å². The third-order valence-electron chi connectivity index (χ3n) is 3.21. The first-order chi connectivity index (χ1) is 8.36. The van der Waals surface area contributed by atoms with Crippen molar-refractivity contribution in [3.05, 3.63) is 22.7 Å². The van der Waals surface area contributed by atoms with E-state index in [-0.39, 0.29) is 12.5 Å². The summed E-state index contributed by atoms with van der Waals surface area (Å²) < 4.78 is 0.933. The van der Waals surface area contributed by atoms with Crippen molar-refractivity contribution in [2.45, 2.75) is 19.4 Å². The van der Waals surface area contributed by atoms with Crippen molar-refractivity contribution in [2.24, 2.45) is 0 Å². The molecule has 18 heavy (non-hydrogen) atoms. The van der Waals surface area contributed by atoms with Gasteiger partial charge >= 0.3 is 0 Å². The fourth-order valence-electron chi connectivity index (χ4n) is 2.02. The average Bonchev–Trinajstić information content (AvgIpc) is 2.33. The highest BCUT2D eigenvalue weighted by Gasteiger charge is 2.35. The van der Waals surface area contributed by atoms with Crippen molar-refractivity contribution in [1.82, 2.24) is 0 Å². The van der Waals surface area contributed by atoms with Crippen molar-refractivity contribution >= 4 is 33.2 Å². The maximum absolute atomic E-state index is 12.0. The summed E-state index contributed by atoms with van der Waals surface area (Å²) >= 11 is 3.43. The van der Waals surface area contributed by atoms with Crippen LogP contribution in [0.3, 0.4) is 0 Å². The third kappa shape index (κ3) is 1.97. The van der Waals surface area contributed by atoms with Crippen LogP contribution < -0.4 is 9.80 Å². The first kappa shape index (κ1) is 12.9. The van der Waals surface area contributed by atoms with E-state index in [1.165, 1.54) is 0 Å². The number of benzene rings is 1. The minimum atomic E-state index is -0.716. The molecule has 1 amide bonds. The minimum Gasteiger partial charge on any atom is -0.342 e. The van der Waals surface area contributed by atoms with E-state index in [4.69, 9.17) is 0 Å². The number of carbonyl (C=O) groups is 1. The molecule has 5 heteroatoms. The van der Waals surface area contributed by atoms with Gasteiger partial charge in [0.15, 0.2) is 0 Å². The maximum Gasteiger partial charge on any atom is 0.246 e. The van der Waals surface area contributed by atoms with Crippen LogP contribution in [0.25, 0.3) is 0 Å². The first-order valence-corrected chi connectivity index (χ1v) is 6.41. The van der Waals surface area contributed by atoms with Crippen molar-refractivity contribution < 1.29 is 4.79 Å². The van der Waals surface area contributed by atoms with Gasteiger partial charge in [-0.3, -0.25) is 4.79 Å². The van der Waals surface area contributed by atoms with Gasteiger partial charge in [0, 0.05) is 11.5 Å². The molecule has 1 aromatic rings. The van der Waals surface area contributed by atoms with E-state index < -0.39 is 5.54 Å². The third-order valence-corrected chi connectivity index (χ3v) is 3.70. The van der Waals surface area contributed by atoms with Crippen molar-refractivity contribution in [3.63, 3.8) is 0 Å². The topological polar surface area (TPSA) is 47.3 Å². The molecule has 1 aliphatic heterocycles. The maximum atomic E-state index is 12.0. The summed E-state index contributed by atoms with van der Waals surface area (Å²) in [5.74, 6) is -0.00634. The average molecular weight is 308 g/mol. The zero-order valence-corrected chi connectivity index (χ0v) is 12.2. The number of halogens is 1. The summed E-state index contributed by atoms with van der Waals surface area (Å²) in [6.07, 6.45) is 0. The van der Waals surface area contributed by atoms with Crippen LogP contribution in [0.5, 0.6) is 0 Å². The number of hydrogen-bond donors (Lipinski definition) is 0. The molecule has 1 aliphatic rings. The summed E-state index contributed by atoms with van der Waals surface area (Å²) in [4.78, 5) is 15.5. The van der Waals surface area contributed by atoms with E-state index in [2.05, 4.69) is 22.0 Å². The number of rotatable bonds is 1. The predicted molar refractivity (Wildman–Crippen MR) is 74.6 cm³/mol. The van der Waals surface area contributed by atoms with Crippen LogP contribution in [0, 0.1) is 11.3 Å². The molecule has 1 aromatic carbocycles. The highest BCUT2D eigenvalue weighted by molar-refractivity contribution is 9.10. The highest BCUT2D eigenvalue weighted by atomic mass is 79.9. The Kier molecular flexibility index (Phi) is 3.07. The second kappa shape index (κ2) is 4.29. The molecule has 1 heterocycles. The van der Waals surface area contributed by atoms with E-state index in [0.717, 1.165) is 15.8 Å². The Labute approximate surface area is 115 Å². The Bertz CT molecular complexity index is 548. The fraction of sp³-hybridized carbons (Fsp3) is 0.385. The number of anilines is 2. The largest absolute Gasteiger partial charge is 0.342 e. The van der Waals surface area contributed by atoms with Crippen LogP contribution in [0.2, 0.25) is 0 Å². The number of fused-ring (bicyclic) bond motifs is 1. The van der Waals surface area contributed by atoms with Gasteiger partial charge in [-0.2, -0.15) is 5.26 Å². The Morgan fingerprint density at radius 3 is 2.67 bits per heavy atom. The van der Waals surface area contributed by atoms with Gasteiger partial charge < -0.3 is 9.80 Å². The monoisotopic (exact) mass is 307 g/mol. The molecule has 0 radical (unpaired) electrons. The molecule has 0 bridgehead atoms. The SMILES string of the molecule is CN1C(=O)CN(C(C)(C)C#N)c2cc(Br)ccc21. The van der Waals surface area contributed by atoms with Crippen LogP contribution >= 0.6 is 15.9 Å². The van der Waals surface area contributed by atoms with Crippen LogP contribution in [0.4, 0.5) is 11.4 Å². The zero-order chi connectivity index (χ0) is 13.5. The summed E-state index contributed by atoms with van der Waals surface area (Å²) in [7, 11) is 1.76. The first-order valence-electron chi connectivity index (χ1n) is 5.62. The molecule has 4 nitrogen and oxygen atoms in total. The number of amides is 1. The van der Waals surface area contributed by atoms with E-state index in [1.807, 2.05) is 36.9 Å². The van der Waals surface area contributed by atoms with Crippen molar-refractivity contribution in [2.75, 3.05) is 23.4 Å². The molecule has 94 valence electrons. The van der Waals surface area contributed by atoms with E-state index in [0.29, 0.717) is 0 Å². The molecule has 0 atom stereocenters. The van der Waals surface area contributed by atoms with Gasteiger partial charge in [0.1, 0.15) is 5.54 Å². The van der Waals surface area contributed by atoms with E-state index in [1.54, 1.807) is 11.9 Å². The predicted octanol–water partition coefficient (Wildman–Crippen LogP) is 2.53. The molecular weight excluding hydrogens is 294 g/mol. The van der Waals surface area contributed by atoms with Gasteiger partial charge in [-0.05, 0) is 32.0 Å². The summed E-state index contributed by atoms with van der Waals surface area (Å²) in [6.45, 7) is 3.85. The quantitative estimate of drug-likeness (QED) is 0.801. The van der Waals surface area contributed by atoms with Crippen LogP contribution in [-0.2, 0) is 4.79 Å². The Hall–Kier alpha value is -1.54. The van der Waals surface area contributed by atoms with Gasteiger partial charge in [-0.15, -0.1) is 0 Å². The lowest BCUT2D eigenvalue weighted by Crippen LogP contribution is -2.52. The molecule has 0 fully saturated rings. The second-order valence-electron chi connectivity index (χ2n) is 4.84. The Balaban J connectivity index is 2.61. The Morgan fingerprint density at radius 1 is 1.39 bits per heavy atom. The smallest absolute Gasteiger partial charge is 0.246 e. The number of likely N-dealkylation sites (N-methyl/N-ethyl adjacent to an activating group) is 1. The number of carbonyl (C=O) groups excluding carboxylic acids is 1. The number of nitrogens with zero attached hydrogens (tertiary/aromatic N) is 3. The lowest BCUT2D eigenvalue weighted by atomic mass is 10.0. The van der Waals surface area contributed by atoms with Gasteiger partial charge in [0.25, 0.3) is 0 Å². The molecule has 0 unspecified atom stereocenters. The minimum absolute atomic E-state index is 0.00634. The van der Waals surface area contributed by atoms with Crippen LogP contribution in [0.1, 0.15) is 13.8 Å². The molecule has 0 saturated heterocycles. The second-order valence-corrected chi connectivity index (χ2v) is 5.76. The lowest BCUT2D eigenvalue weighted by Gasteiger charge is -2.41. The van der Waals surface area contributed by atoms with Crippen molar-refractivity contribution in [1.29, 1.82) is 5.26 Å². The summed E-state index contributed by atoms with van der Waals surface area (Å²) in [5.41, 5.74) is 1.02. The van der Waals surface area contributed by atoms with Gasteiger partial charge in [0.2, 0.25) is 5.91 Å². The summed E-state index contributed by atoms with van der Waals surface area (Å²) in [6, 6.07) is 7.97. The molecule has 0 aliphatic carbocycles. The molecule has 0 aromatic heterocycles. The molecule has 0 saturated carbocycles. The van der Waals surface area contributed by atoms with Crippen molar-refractivity contribution in [3.8, 4) is 6.07 Å². The number of hydrogen-bond acceptors (Lipinski definition) is 3. The molecule has 0 N–H and O–H groups in total. The summed E-state index contributed by atoms with van der Waals surface area (Å²) in [5, 5.41) is 9.27. The molecule has 0 spiro atoms. The van der Waals surface area contributed by atoms with E-state index >= 15 is 0 Å². The number of nitriles is 1. The standard InChI is InChI=1S/C13H14BrN3O/c1-13(2,8-15)17-7-12(18)16(3)10-5-4-9(14)6-11(10)17/h4-6H,7H2,1-3H3. The lowest BCUT2D eigenvalue weighted by molar-refractivity contribution is -0.117. The Morgan fingerprint density at radius 2 is 2.06 bits per heavy atom. The molecular formula is C13H14BrN3O. The highest BCUT2D eigenvalue weighted by Crippen LogP contribution is 2.38. The molecule has 2 rings (SSSR count). The zero-order valence-electron chi connectivity index (χ0n) is 10.6. The fourth-order valence-corrected chi connectivity index (χ4v) is 2.37.